The first-order valence-electron chi connectivity index (χ1n) is 7.54. The highest BCUT2D eigenvalue weighted by Crippen LogP contribution is 2.29. The maximum Gasteiger partial charge on any atom is 0.262 e. The molecule has 3 N–H and O–H groups in total. The Morgan fingerprint density at radius 2 is 1.92 bits per heavy atom. The summed E-state index contributed by atoms with van der Waals surface area (Å²) in [5.74, 6) is -1.41. The maximum absolute atomic E-state index is 12.5. The monoisotopic (exact) mass is 341 g/mol. The minimum atomic E-state index is -0.674. The van der Waals surface area contributed by atoms with Crippen molar-refractivity contribution in [3.63, 3.8) is 0 Å². The van der Waals surface area contributed by atoms with Gasteiger partial charge in [-0.15, -0.1) is 0 Å². The van der Waals surface area contributed by atoms with E-state index in [4.69, 9.17) is 10.5 Å². The van der Waals surface area contributed by atoms with Crippen LogP contribution in [0.25, 0.3) is 5.69 Å². The lowest BCUT2D eigenvalue weighted by atomic mass is 10.1. The Balaban J connectivity index is 2.34. The molecule has 1 aliphatic rings. The molecule has 25 heavy (non-hydrogen) atoms. The fourth-order valence-electron chi connectivity index (χ4n) is 2.72. The number of benzene rings is 1. The van der Waals surface area contributed by atoms with Crippen LogP contribution in [0.3, 0.4) is 0 Å². The first kappa shape index (κ1) is 16.4. The molecule has 0 bridgehead atoms. The van der Waals surface area contributed by atoms with Gasteiger partial charge >= 0.3 is 0 Å². The molecule has 2 aromatic rings. The number of ether oxygens (including phenoxy) is 1. The van der Waals surface area contributed by atoms with Crippen molar-refractivity contribution >= 4 is 23.4 Å². The zero-order chi connectivity index (χ0) is 18.3. The number of fused-ring (bicyclic) bond motifs is 1. The molecule has 0 fully saturated rings. The summed E-state index contributed by atoms with van der Waals surface area (Å²) in [6.07, 6.45) is 0. The molecule has 2 amide bonds. The number of nitrogens with one attached hydrogen (secondary N) is 1. The van der Waals surface area contributed by atoms with Gasteiger partial charge in [0.05, 0.1) is 23.4 Å². The van der Waals surface area contributed by atoms with Crippen LogP contribution in [0.5, 0.6) is 5.75 Å². The van der Waals surface area contributed by atoms with Crippen molar-refractivity contribution in [2.45, 2.75) is 13.8 Å². The van der Waals surface area contributed by atoms with Crippen molar-refractivity contribution in [2.24, 2.45) is 0 Å². The summed E-state index contributed by atoms with van der Waals surface area (Å²) in [5, 5.41) is 2.10. The van der Waals surface area contributed by atoms with Gasteiger partial charge in [0.15, 0.2) is 5.78 Å². The molecule has 0 radical (unpaired) electrons. The van der Waals surface area contributed by atoms with Gasteiger partial charge in [-0.2, -0.15) is 0 Å². The molecule has 0 aliphatic carbocycles. The van der Waals surface area contributed by atoms with Crippen LogP contribution in [-0.4, -0.2) is 28.8 Å². The second kappa shape index (κ2) is 5.90. The number of hydrogen-bond donors (Lipinski definition) is 2. The standard InChI is InChI=1S/C17H15N3O5/c1-3-25-12-5-4-9(8(2)21)6-11(12)20-13(22)7-10-14(15(20)18)17(24)19-16(10)23/h4-7H,3,18H2,1-2H3,(H,19,23,24). The van der Waals surface area contributed by atoms with E-state index in [1.165, 1.54) is 13.0 Å². The molecule has 1 aliphatic heterocycles. The smallest absolute Gasteiger partial charge is 0.262 e. The van der Waals surface area contributed by atoms with Crippen LogP contribution >= 0.6 is 0 Å². The minimum absolute atomic E-state index is 0.0653. The predicted molar refractivity (Wildman–Crippen MR) is 89.4 cm³/mol. The van der Waals surface area contributed by atoms with E-state index < -0.39 is 17.4 Å². The Kier molecular flexibility index (Phi) is 3.88. The Morgan fingerprint density at radius 1 is 1.20 bits per heavy atom. The Bertz CT molecular complexity index is 991. The quantitative estimate of drug-likeness (QED) is 0.630. The van der Waals surface area contributed by atoms with Gasteiger partial charge in [0.2, 0.25) is 0 Å². The van der Waals surface area contributed by atoms with Crippen LogP contribution in [-0.2, 0) is 0 Å². The summed E-state index contributed by atoms with van der Waals surface area (Å²) < 4.78 is 6.57. The van der Waals surface area contributed by atoms with E-state index in [1.807, 2.05) is 0 Å². The molecule has 1 aromatic carbocycles. The SMILES string of the molecule is CCOc1ccc(C(C)=O)cc1-n1c(N)c2c(cc1=O)C(=O)NC2=O. The first-order valence-corrected chi connectivity index (χ1v) is 7.54. The van der Waals surface area contributed by atoms with Crippen molar-refractivity contribution in [1.29, 1.82) is 0 Å². The normalized spacial score (nSPS) is 12.7. The number of rotatable bonds is 4. The number of nitrogens with zero attached hydrogens (tertiary/aromatic N) is 1. The fraction of sp³-hybridized carbons (Fsp3) is 0.176. The van der Waals surface area contributed by atoms with E-state index >= 15 is 0 Å². The fourth-order valence-corrected chi connectivity index (χ4v) is 2.72. The van der Waals surface area contributed by atoms with E-state index in [0.717, 1.165) is 10.6 Å². The van der Waals surface area contributed by atoms with Gasteiger partial charge in [0.25, 0.3) is 17.4 Å². The van der Waals surface area contributed by atoms with E-state index in [1.54, 1.807) is 19.1 Å². The molecule has 0 saturated carbocycles. The molecule has 0 unspecified atom stereocenters. The molecular weight excluding hydrogens is 326 g/mol. The molecule has 8 heteroatoms. The van der Waals surface area contributed by atoms with Crippen LogP contribution in [0.15, 0.2) is 29.1 Å². The first-order chi connectivity index (χ1) is 11.8. The summed E-state index contributed by atoms with van der Waals surface area (Å²) in [5.41, 5.74) is 5.86. The van der Waals surface area contributed by atoms with Gasteiger partial charge < -0.3 is 10.5 Å². The number of anilines is 1. The Hall–Kier alpha value is -3.42. The number of nitrogens with two attached hydrogens (primary N) is 1. The van der Waals surface area contributed by atoms with Crippen molar-refractivity contribution < 1.29 is 19.1 Å². The average molecular weight is 341 g/mol. The van der Waals surface area contributed by atoms with Crippen molar-refractivity contribution in [2.75, 3.05) is 12.3 Å². The van der Waals surface area contributed by atoms with Crippen LogP contribution in [0.2, 0.25) is 0 Å². The highest BCUT2D eigenvalue weighted by molar-refractivity contribution is 6.23. The molecule has 2 heterocycles. The van der Waals surface area contributed by atoms with Gasteiger partial charge in [-0.1, -0.05) is 0 Å². The summed E-state index contributed by atoms with van der Waals surface area (Å²) in [7, 11) is 0. The maximum atomic E-state index is 12.5. The van der Waals surface area contributed by atoms with E-state index in [0.29, 0.717) is 17.9 Å². The number of pyridine rings is 1. The molecule has 0 saturated heterocycles. The number of carbonyl (C=O) groups excluding carboxylic acids is 3. The summed E-state index contributed by atoms with van der Waals surface area (Å²) in [6, 6.07) is 5.63. The lowest BCUT2D eigenvalue weighted by Crippen LogP contribution is -2.24. The summed E-state index contributed by atoms with van der Waals surface area (Å²) in [4.78, 5) is 47.9. The number of carbonyl (C=O) groups is 3. The number of ketones is 1. The van der Waals surface area contributed by atoms with Gasteiger partial charge in [0, 0.05) is 11.6 Å². The summed E-state index contributed by atoms with van der Waals surface area (Å²) >= 11 is 0. The molecular formula is C17H15N3O5. The average Bonchev–Trinajstić information content (AvgIpc) is 2.83. The van der Waals surface area contributed by atoms with Crippen LogP contribution < -0.4 is 21.3 Å². The van der Waals surface area contributed by atoms with Crippen molar-refractivity contribution in [3.05, 3.63) is 51.3 Å². The third-order valence-electron chi connectivity index (χ3n) is 3.86. The minimum Gasteiger partial charge on any atom is -0.492 e. The number of imide groups is 1. The highest BCUT2D eigenvalue weighted by atomic mass is 16.5. The van der Waals surface area contributed by atoms with E-state index in [-0.39, 0.29) is 28.4 Å². The molecule has 3 rings (SSSR count). The third-order valence-corrected chi connectivity index (χ3v) is 3.86. The van der Waals surface area contributed by atoms with Crippen LogP contribution in [0, 0.1) is 0 Å². The zero-order valence-electron chi connectivity index (χ0n) is 13.6. The molecule has 0 spiro atoms. The largest absolute Gasteiger partial charge is 0.492 e. The van der Waals surface area contributed by atoms with Gasteiger partial charge in [-0.05, 0) is 32.0 Å². The van der Waals surface area contributed by atoms with Gasteiger partial charge in [0.1, 0.15) is 11.6 Å². The van der Waals surface area contributed by atoms with Crippen molar-refractivity contribution in [1.82, 2.24) is 9.88 Å². The zero-order valence-corrected chi connectivity index (χ0v) is 13.6. The van der Waals surface area contributed by atoms with E-state index in [9.17, 15) is 19.2 Å². The van der Waals surface area contributed by atoms with Crippen LogP contribution in [0.1, 0.15) is 44.9 Å². The van der Waals surface area contributed by atoms with E-state index in [2.05, 4.69) is 5.32 Å². The van der Waals surface area contributed by atoms with Gasteiger partial charge in [-0.25, -0.2) is 0 Å². The molecule has 128 valence electrons. The number of Topliss-reactive ketones (excluding diaryl/α,β-unsaturated/α-hetero) is 1. The number of nitrogen functional groups attached to an aromatic ring is 1. The lowest BCUT2D eigenvalue weighted by Gasteiger charge is -2.16. The van der Waals surface area contributed by atoms with Crippen LogP contribution in [0.4, 0.5) is 5.82 Å². The predicted octanol–water partition coefficient (Wildman–Crippen LogP) is 0.905. The third kappa shape index (κ3) is 2.57. The number of hydrogen-bond acceptors (Lipinski definition) is 6. The lowest BCUT2D eigenvalue weighted by molar-refractivity contribution is 0.0879. The van der Waals surface area contributed by atoms with Crippen molar-refractivity contribution in [3.8, 4) is 11.4 Å². The number of aromatic nitrogens is 1. The Labute approximate surface area is 142 Å². The second-order valence-electron chi connectivity index (χ2n) is 5.45. The second-order valence-corrected chi connectivity index (χ2v) is 5.45. The Morgan fingerprint density at radius 3 is 2.56 bits per heavy atom. The molecule has 8 nitrogen and oxygen atoms in total. The molecule has 1 aromatic heterocycles. The summed E-state index contributed by atoms with van der Waals surface area (Å²) in [6.45, 7) is 3.48. The molecule has 0 atom stereocenters. The highest BCUT2D eigenvalue weighted by Gasteiger charge is 2.32. The van der Waals surface area contributed by atoms with Gasteiger partial charge in [-0.3, -0.25) is 29.1 Å². The topological polar surface area (TPSA) is 120 Å². The number of amides is 2.